The van der Waals surface area contributed by atoms with Gasteiger partial charge in [-0.2, -0.15) is 0 Å². The third-order valence-electron chi connectivity index (χ3n) is 2.74. The van der Waals surface area contributed by atoms with Crippen LogP contribution in [0.5, 0.6) is 0 Å². The minimum absolute atomic E-state index is 0.0416. The summed E-state index contributed by atoms with van der Waals surface area (Å²) >= 11 is 0. The van der Waals surface area contributed by atoms with Crippen LogP contribution in [0.25, 0.3) is 0 Å². The zero-order valence-electron chi connectivity index (χ0n) is 8.10. The number of amides is 1. The van der Waals surface area contributed by atoms with Gasteiger partial charge in [0.05, 0.1) is 6.61 Å². The first-order valence-corrected chi connectivity index (χ1v) is 4.79. The van der Waals surface area contributed by atoms with Gasteiger partial charge in [0, 0.05) is 25.6 Å². The molecule has 0 aliphatic heterocycles. The van der Waals surface area contributed by atoms with Gasteiger partial charge in [0.1, 0.15) is 0 Å². The number of aliphatic hydroxyl groups is 1. The summed E-state index contributed by atoms with van der Waals surface area (Å²) in [7, 11) is 1.63. The summed E-state index contributed by atoms with van der Waals surface area (Å²) in [6.45, 7) is 0.834. The fraction of sp³-hybridized carbons (Fsp3) is 0.889. The molecular weight excluding hydrogens is 168 g/mol. The predicted molar refractivity (Wildman–Crippen MR) is 50.4 cm³/mol. The van der Waals surface area contributed by atoms with Gasteiger partial charge < -0.3 is 15.7 Å². The molecule has 1 rings (SSSR count). The first-order valence-electron chi connectivity index (χ1n) is 4.79. The van der Waals surface area contributed by atoms with Crippen molar-refractivity contribution in [3.05, 3.63) is 0 Å². The molecular formula is C9H18N2O2. The summed E-state index contributed by atoms with van der Waals surface area (Å²) in [5.74, 6) is 0.0416. The van der Waals surface area contributed by atoms with Crippen LogP contribution >= 0.6 is 0 Å². The van der Waals surface area contributed by atoms with Crippen molar-refractivity contribution >= 4 is 5.91 Å². The Balaban J connectivity index is 2.14. The lowest BCUT2D eigenvalue weighted by Crippen LogP contribution is -2.54. The van der Waals surface area contributed by atoms with Crippen LogP contribution in [0.2, 0.25) is 0 Å². The molecule has 0 radical (unpaired) electrons. The summed E-state index contributed by atoms with van der Waals surface area (Å²) in [6.07, 6.45) is 3.71. The maximum atomic E-state index is 10.9. The standard InChI is InChI=1S/C9H18N2O2/c1-10-8(13)3-6-11-9(7-12)4-2-5-9/h11-12H,2-7H2,1H3,(H,10,13). The lowest BCUT2D eigenvalue weighted by Gasteiger charge is -2.41. The van der Waals surface area contributed by atoms with Gasteiger partial charge in [-0.3, -0.25) is 4.79 Å². The quantitative estimate of drug-likeness (QED) is 0.549. The molecule has 0 atom stereocenters. The molecule has 0 spiro atoms. The topological polar surface area (TPSA) is 61.4 Å². The number of rotatable bonds is 5. The fourth-order valence-electron chi connectivity index (χ4n) is 1.56. The number of hydrogen-bond donors (Lipinski definition) is 3. The molecule has 0 unspecified atom stereocenters. The smallest absolute Gasteiger partial charge is 0.221 e. The summed E-state index contributed by atoms with van der Waals surface area (Å²) in [5, 5.41) is 14.9. The number of aliphatic hydroxyl groups excluding tert-OH is 1. The molecule has 1 aliphatic rings. The second kappa shape index (κ2) is 4.58. The van der Waals surface area contributed by atoms with Crippen LogP contribution in [0.3, 0.4) is 0 Å². The van der Waals surface area contributed by atoms with Gasteiger partial charge in [-0.1, -0.05) is 0 Å². The maximum Gasteiger partial charge on any atom is 0.221 e. The minimum atomic E-state index is -0.0754. The molecule has 0 bridgehead atoms. The normalized spacial score (nSPS) is 19.2. The van der Waals surface area contributed by atoms with Crippen LogP contribution in [0.1, 0.15) is 25.7 Å². The Morgan fingerprint density at radius 1 is 1.54 bits per heavy atom. The lowest BCUT2D eigenvalue weighted by molar-refractivity contribution is -0.120. The van der Waals surface area contributed by atoms with Crippen molar-refractivity contribution in [2.75, 3.05) is 20.2 Å². The highest BCUT2D eigenvalue weighted by Gasteiger charge is 2.35. The summed E-state index contributed by atoms with van der Waals surface area (Å²) in [6, 6.07) is 0. The molecule has 3 N–H and O–H groups in total. The molecule has 0 heterocycles. The van der Waals surface area contributed by atoms with Gasteiger partial charge in [-0.15, -0.1) is 0 Å². The van der Waals surface area contributed by atoms with Crippen LogP contribution in [-0.2, 0) is 4.79 Å². The third kappa shape index (κ3) is 2.67. The molecule has 76 valence electrons. The second-order valence-corrected chi connectivity index (χ2v) is 3.64. The average Bonchev–Trinajstić information content (AvgIpc) is 2.09. The molecule has 1 amide bonds. The summed E-state index contributed by atoms with van der Waals surface area (Å²) in [5.41, 5.74) is -0.0754. The lowest BCUT2D eigenvalue weighted by atomic mass is 9.77. The third-order valence-corrected chi connectivity index (χ3v) is 2.74. The monoisotopic (exact) mass is 186 g/mol. The Labute approximate surface area is 78.7 Å². The molecule has 4 nitrogen and oxygen atoms in total. The molecule has 4 heteroatoms. The highest BCUT2D eigenvalue weighted by Crippen LogP contribution is 2.30. The van der Waals surface area contributed by atoms with Crippen LogP contribution in [0.4, 0.5) is 0 Å². The Morgan fingerprint density at radius 2 is 2.23 bits per heavy atom. The van der Waals surface area contributed by atoms with E-state index in [-0.39, 0.29) is 18.1 Å². The van der Waals surface area contributed by atoms with Crippen LogP contribution in [-0.4, -0.2) is 36.8 Å². The van der Waals surface area contributed by atoms with E-state index in [9.17, 15) is 4.79 Å². The Hall–Kier alpha value is -0.610. The number of carbonyl (C=O) groups excluding carboxylic acids is 1. The fourth-order valence-corrected chi connectivity index (χ4v) is 1.56. The molecule has 0 aromatic carbocycles. The van der Waals surface area contributed by atoms with Crippen molar-refractivity contribution in [2.45, 2.75) is 31.2 Å². The predicted octanol–water partition coefficient (Wildman–Crippen LogP) is -0.373. The van der Waals surface area contributed by atoms with Gasteiger partial charge in [0.2, 0.25) is 5.91 Å². The Bertz CT molecular complexity index is 173. The van der Waals surface area contributed by atoms with E-state index in [1.54, 1.807) is 7.05 Å². The van der Waals surface area contributed by atoms with Crippen molar-refractivity contribution in [1.82, 2.24) is 10.6 Å². The molecule has 13 heavy (non-hydrogen) atoms. The Kier molecular flexibility index (Phi) is 3.69. The number of hydrogen-bond acceptors (Lipinski definition) is 3. The van der Waals surface area contributed by atoms with Crippen LogP contribution < -0.4 is 10.6 Å². The Morgan fingerprint density at radius 3 is 2.62 bits per heavy atom. The summed E-state index contributed by atoms with van der Waals surface area (Å²) < 4.78 is 0. The van der Waals surface area contributed by atoms with E-state index in [0.717, 1.165) is 12.8 Å². The van der Waals surface area contributed by atoms with E-state index in [4.69, 9.17) is 5.11 Å². The van der Waals surface area contributed by atoms with Gasteiger partial charge in [0.15, 0.2) is 0 Å². The van der Waals surface area contributed by atoms with Crippen LogP contribution in [0.15, 0.2) is 0 Å². The molecule has 1 fully saturated rings. The van der Waals surface area contributed by atoms with E-state index >= 15 is 0 Å². The van der Waals surface area contributed by atoms with Crippen molar-refractivity contribution in [1.29, 1.82) is 0 Å². The van der Waals surface area contributed by atoms with Gasteiger partial charge in [0.25, 0.3) is 0 Å². The van der Waals surface area contributed by atoms with Gasteiger partial charge in [-0.05, 0) is 19.3 Å². The van der Waals surface area contributed by atoms with Crippen molar-refractivity contribution in [2.24, 2.45) is 0 Å². The van der Waals surface area contributed by atoms with E-state index < -0.39 is 0 Å². The van der Waals surface area contributed by atoms with Crippen molar-refractivity contribution < 1.29 is 9.90 Å². The van der Waals surface area contributed by atoms with E-state index in [0.29, 0.717) is 13.0 Å². The maximum absolute atomic E-state index is 10.9. The summed E-state index contributed by atoms with van der Waals surface area (Å²) in [4.78, 5) is 10.9. The number of carbonyl (C=O) groups is 1. The van der Waals surface area contributed by atoms with Crippen LogP contribution in [0, 0.1) is 0 Å². The highest BCUT2D eigenvalue weighted by molar-refractivity contribution is 5.75. The highest BCUT2D eigenvalue weighted by atomic mass is 16.3. The average molecular weight is 186 g/mol. The first kappa shape index (κ1) is 10.5. The van der Waals surface area contributed by atoms with Gasteiger partial charge >= 0.3 is 0 Å². The minimum Gasteiger partial charge on any atom is -0.394 e. The first-order chi connectivity index (χ1) is 6.22. The van der Waals surface area contributed by atoms with Gasteiger partial charge in [-0.25, -0.2) is 0 Å². The molecule has 0 aromatic rings. The molecule has 1 saturated carbocycles. The van der Waals surface area contributed by atoms with Crippen molar-refractivity contribution in [3.8, 4) is 0 Å². The molecule has 1 aliphatic carbocycles. The molecule has 0 aromatic heterocycles. The van der Waals surface area contributed by atoms with E-state index in [1.807, 2.05) is 0 Å². The van der Waals surface area contributed by atoms with E-state index in [1.165, 1.54) is 6.42 Å². The number of nitrogens with one attached hydrogen (secondary N) is 2. The molecule has 0 saturated heterocycles. The second-order valence-electron chi connectivity index (χ2n) is 3.64. The SMILES string of the molecule is CNC(=O)CCNC1(CO)CCC1. The zero-order valence-corrected chi connectivity index (χ0v) is 8.10. The van der Waals surface area contributed by atoms with Crippen molar-refractivity contribution in [3.63, 3.8) is 0 Å². The zero-order chi connectivity index (χ0) is 9.73. The largest absolute Gasteiger partial charge is 0.394 e. The van der Waals surface area contributed by atoms with E-state index in [2.05, 4.69) is 10.6 Å².